The first-order valence-electron chi connectivity index (χ1n) is 7.22. The molecule has 2 aromatic heterocycles. The third-order valence-corrected chi connectivity index (χ3v) is 4.43. The zero-order valence-corrected chi connectivity index (χ0v) is 13.5. The second-order valence-corrected chi connectivity index (χ2v) is 6.18. The highest BCUT2D eigenvalue weighted by atomic mass is 32.2. The Morgan fingerprint density at radius 1 is 1.52 bits per heavy atom. The van der Waals surface area contributed by atoms with Crippen molar-refractivity contribution in [3.8, 4) is 0 Å². The van der Waals surface area contributed by atoms with Crippen LogP contribution in [0.15, 0.2) is 17.4 Å². The normalized spacial score (nSPS) is 12.7. The number of aryl methyl sites for hydroxylation is 1. The molecule has 5 nitrogen and oxygen atoms in total. The number of hydrogen-bond acceptors (Lipinski definition) is 4. The number of pyridine rings is 1. The van der Waals surface area contributed by atoms with Crippen molar-refractivity contribution in [2.45, 2.75) is 51.2 Å². The van der Waals surface area contributed by atoms with E-state index in [2.05, 4.69) is 28.4 Å². The SMILES string of the molecule is CCCCC(C)n1c(SCC(=O)O)nc2c(C)ccnc21. The number of imidazole rings is 1. The molecule has 0 aliphatic carbocycles. The van der Waals surface area contributed by atoms with Crippen molar-refractivity contribution in [2.75, 3.05) is 5.75 Å². The van der Waals surface area contributed by atoms with Gasteiger partial charge in [-0.1, -0.05) is 31.5 Å². The van der Waals surface area contributed by atoms with Crippen LogP contribution in [0.2, 0.25) is 0 Å². The van der Waals surface area contributed by atoms with E-state index in [9.17, 15) is 4.79 Å². The summed E-state index contributed by atoms with van der Waals surface area (Å²) >= 11 is 1.26. The minimum Gasteiger partial charge on any atom is -0.481 e. The summed E-state index contributed by atoms with van der Waals surface area (Å²) in [6.07, 6.45) is 5.10. The van der Waals surface area contributed by atoms with E-state index in [0.29, 0.717) is 0 Å². The van der Waals surface area contributed by atoms with E-state index in [-0.39, 0.29) is 11.8 Å². The Bertz CT molecular complexity index is 639. The summed E-state index contributed by atoms with van der Waals surface area (Å²) < 4.78 is 2.09. The van der Waals surface area contributed by atoms with E-state index < -0.39 is 5.97 Å². The smallest absolute Gasteiger partial charge is 0.313 e. The van der Waals surface area contributed by atoms with Crippen LogP contribution < -0.4 is 0 Å². The van der Waals surface area contributed by atoms with Crippen LogP contribution in [0.25, 0.3) is 11.2 Å². The van der Waals surface area contributed by atoms with E-state index in [1.54, 1.807) is 6.20 Å². The van der Waals surface area contributed by atoms with Gasteiger partial charge in [0.1, 0.15) is 5.52 Å². The number of carboxylic acid groups (broad SMARTS) is 1. The number of rotatable bonds is 7. The monoisotopic (exact) mass is 307 g/mol. The highest BCUT2D eigenvalue weighted by Crippen LogP contribution is 2.30. The molecule has 2 heterocycles. The largest absolute Gasteiger partial charge is 0.481 e. The molecule has 0 amide bonds. The van der Waals surface area contributed by atoms with Crippen LogP contribution in [0.4, 0.5) is 0 Å². The molecule has 1 unspecified atom stereocenters. The molecular weight excluding hydrogens is 286 g/mol. The number of nitrogens with zero attached hydrogens (tertiary/aromatic N) is 3. The van der Waals surface area contributed by atoms with Gasteiger partial charge in [-0.25, -0.2) is 9.97 Å². The van der Waals surface area contributed by atoms with Gasteiger partial charge < -0.3 is 9.67 Å². The number of fused-ring (bicyclic) bond motifs is 1. The fourth-order valence-electron chi connectivity index (χ4n) is 2.34. The van der Waals surface area contributed by atoms with Gasteiger partial charge >= 0.3 is 5.97 Å². The molecule has 2 aromatic rings. The van der Waals surface area contributed by atoms with Gasteiger partial charge in [-0.15, -0.1) is 0 Å². The summed E-state index contributed by atoms with van der Waals surface area (Å²) in [4.78, 5) is 19.9. The van der Waals surface area contributed by atoms with Crippen molar-refractivity contribution < 1.29 is 9.90 Å². The Hall–Kier alpha value is -1.56. The molecule has 0 radical (unpaired) electrons. The Morgan fingerprint density at radius 2 is 2.29 bits per heavy atom. The van der Waals surface area contributed by atoms with Crippen LogP contribution in [0.5, 0.6) is 0 Å². The maximum atomic E-state index is 10.8. The van der Waals surface area contributed by atoms with Crippen molar-refractivity contribution in [1.82, 2.24) is 14.5 Å². The van der Waals surface area contributed by atoms with Crippen molar-refractivity contribution in [2.24, 2.45) is 0 Å². The molecule has 114 valence electrons. The molecule has 6 heteroatoms. The molecule has 0 saturated heterocycles. The van der Waals surface area contributed by atoms with Gasteiger partial charge in [0.05, 0.1) is 5.75 Å². The van der Waals surface area contributed by atoms with Crippen LogP contribution >= 0.6 is 11.8 Å². The Morgan fingerprint density at radius 3 is 2.95 bits per heavy atom. The first-order valence-corrected chi connectivity index (χ1v) is 8.21. The predicted octanol–water partition coefficient (Wildman–Crippen LogP) is 3.67. The van der Waals surface area contributed by atoms with Crippen LogP contribution in [0.3, 0.4) is 0 Å². The first-order chi connectivity index (χ1) is 10.0. The second kappa shape index (κ2) is 6.93. The van der Waals surface area contributed by atoms with Crippen molar-refractivity contribution in [1.29, 1.82) is 0 Å². The average molecular weight is 307 g/mol. The summed E-state index contributed by atoms with van der Waals surface area (Å²) in [6.45, 7) is 6.32. The lowest BCUT2D eigenvalue weighted by Crippen LogP contribution is -2.09. The lowest BCUT2D eigenvalue weighted by Gasteiger charge is -2.16. The first kappa shape index (κ1) is 15.8. The Kier molecular flexibility index (Phi) is 5.22. The van der Waals surface area contributed by atoms with Crippen molar-refractivity contribution in [3.05, 3.63) is 17.8 Å². The number of aromatic nitrogens is 3. The summed E-state index contributed by atoms with van der Waals surface area (Å²) in [7, 11) is 0. The molecule has 0 fully saturated rings. The van der Waals surface area contributed by atoms with Gasteiger partial charge in [0.2, 0.25) is 0 Å². The highest BCUT2D eigenvalue weighted by molar-refractivity contribution is 7.99. The average Bonchev–Trinajstić information content (AvgIpc) is 2.82. The maximum Gasteiger partial charge on any atom is 0.313 e. The fraction of sp³-hybridized carbons (Fsp3) is 0.533. The van der Waals surface area contributed by atoms with E-state index in [1.807, 2.05) is 13.0 Å². The third-order valence-electron chi connectivity index (χ3n) is 3.49. The zero-order chi connectivity index (χ0) is 15.4. The quantitative estimate of drug-likeness (QED) is 0.790. The number of unbranched alkanes of at least 4 members (excludes halogenated alkanes) is 1. The Labute approximate surface area is 128 Å². The van der Waals surface area contributed by atoms with Gasteiger partial charge in [0.25, 0.3) is 0 Å². The zero-order valence-electron chi connectivity index (χ0n) is 12.7. The van der Waals surface area contributed by atoms with E-state index in [0.717, 1.165) is 41.1 Å². The van der Waals surface area contributed by atoms with Gasteiger partial charge in [-0.2, -0.15) is 0 Å². The highest BCUT2D eigenvalue weighted by Gasteiger charge is 2.18. The minimum absolute atomic E-state index is 0.0167. The van der Waals surface area contributed by atoms with Gasteiger partial charge in [0, 0.05) is 12.2 Å². The van der Waals surface area contributed by atoms with Crippen LogP contribution in [0.1, 0.15) is 44.7 Å². The number of carboxylic acids is 1. The van der Waals surface area contributed by atoms with Crippen LogP contribution in [-0.2, 0) is 4.79 Å². The molecule has 0 aliphatic rings. The van der Waals surface area contributed by atoms with E-state index in [4.69, 9.17) is 5.11 Å². The lowest BCUT2D eigenvalue weighted by molar-refractivity contribution is -0.133. The summed E-state index contributed by atoms with van der Waals surface area (Å²) in [5, 5.41) is 9.65. The standard InChI is InChI=1S/C15H21N3O2S/c1-4-5-6-11(3)18-14-13(10(2)7-8-16-14)17-15(18)21-9-12(19)20/h7-8,11H,4-6,9H2,1-3H3,(H,19,20). The fourth-order valence-corrected chi connectivity index (χ4v) is 3.16. The van der Waals surface area contributed by atoms with Crippen LogP contribution in [0, 0.1) is 6.92 Å². The maximum absolute atomic E-state index is 10.8. The Balaban J connectivity index is 2.44. The third kappa shape index (κ3) is 3.56. The van der Waals surface area contributed by atoms with Crippen molar-refractivity contribution in [3.63, 3.8) is 0 Å². The molecule has 1 N–H and O–H groups in total. The van der Waals surface area contributed by atoms with E-state index in [1.165, 1.54) is 11.8 Å². The van der Waals surface area contributed by atoms with Crippen LogP contribution in [-0.4, -0.2) is 31.4 Å². The molecular formula is C15H21N3O2S. The number of carbonyl (C=O) groups is 1. The molecule has 2 rings (SSSR count). The topological polar surface area (TPSA) is 68.0 Å². The molecule has 0 saturated carbocycles. The summed E-state index contributed by atoms with van der Waals surface area (Å²) in [5.74, 6) is -0.812. The molecule has 21 heavy (non-hydrogen) atoms. The lowest BCUT2D eigenvalue weighted by atomic mass is 10.1. The van der Waals surface area contributed by atoms with Gasteiger partial charge in [-0.05, 0) is 31.9 Å². The molecule has 0 spiro atoms. The van der Waals surface area contributed by atoms with Crippen molar-refractivity contribution >= 4 is 28.9 Å². The summed E-state index contributed by atoms with van der Waals surface area (Å²) in [5.41, 5.74) is 2.79. The molecule has 0 aromatic carbocycles. The second-order valence-electron chi connectivity index (χ2n) is 5.24. The predicted molar refractivity (Wildman–Crippen MR) is 84.9 cm³/mol. The molecule has 1 atom stereocenters. The number of thioether (sulfide) groups is 1. The molecule has 0 aliphatic heterocycles. The number of hydrogen-bond donors (Lipinski definition) is 1. The minimum atomic E-state index is -0.829. The van der Waals surface area contributed by atoms with Gasteiger partial charge in [0.15, 0.2) is 10.8 Å². The van der Waals surface area contributed by atoms with E-state index >= 15 is 0 Å². The van der Waals surface area contributed by atoms with Gasteiger partial charge in [-0.3, -0.25) is 4.79 Å². The molecule has 0 bridgehead atoms. The number of aliphatic carboxylic acids is 1. The summed E-state index contributed by atoms with van der Waals surface area (Å²) in [6, 6.07) is 2.20.